The van der Waals surface area contributed by atoms with Crippen molar-refractivity contribution in [3.05, 3.63) is 88.6 Å². The minimum absolute atomic E-state index is 0.303. The fourth-order valence-electron chi connectivity index (χ4n) is 3.25. The second-order valence-electron chi connectivity index (χ2n) is 7.20. The average molecular weight is 467 g/mol. The fraction of sp³-hybridized carbons (Fsp3) is 0.0833. The second-order valence-corrected chi connectivity index (χ2v) is 8.29. The van der Waals surface area contributed by atoms with E-state index >= 15 is 0 Å². The highest BCUT2D eigenvalue weighted by molar-refractivity contribution is 7.17. The highest BCUT2D eigenvalue weighted by Gasteiger charge is 2.40. The van der Waals surface area contributed by atoms with E-state index in [4.69, 9.17) is 5.73 Å². The highest BCUT2D eigenvalue weighted by atomic mass is 32.1. The first-order valence-electron chi connectivity index (χ1n) is 9.72. The van der Waals surface area contributed by atoms with Crippen molar-refractivity contribution < 1.29 is 22.8 Å². The molecule has 0 bridgehead atoms. The first-order chi connectivity index (χ1) is 15.7. The van der Waals surface area contributed by atoms with Crippen LogP contribution in [0.15, 0.2) is 72.6 Å². The van der Waals surface area contributed by atoms with Crippen LogP contribution >= 0.6 is 11.3 Å². The van der Waals surface area contributed by atoms with Crippen molar-refractivity contribution in [2.45, 2.75) is 12.6 Å². The highest BCUT2D eigenvalue weighted by Crippen LogP contribution is 2.32. The largest absolute Gasteiger partial charge is 0.455 e. The van der Waals surface area contributed by atoms with Gasteiger partial charge in [0.2, 0.25) is 5.91 Å². The minimum atomic E-state index is -4.90. The molecule has 2 N–H and O–H groups in total. The molecule has 4 aromatic rings. The van der Waals surface area contributed by atoms with Crippen molar-refractivity contribution in [2.75, 3.05) is 0 Å². The number of benzene rings is 2. The smallest absolute Gasteiger partial charge is 0.366 e. The predicted octanol–water partition coefficient (Wildman–Crippen LogP) is 5.21. The molecule has 166 valence electrons. The fourth-order valence-corrected chi connectivity index (χ4v) is 4.22. The number of aromatic nitrogens is 2. The molecule has 5 nitrogen and oxygen atoms in total. The molecule has 0 aliphatic heterocycles. The number of thiophene rings is 1. The van der Waals surface area contributed by atoms with E-state index in [1.807, 2.05) is 18.2 Å². The van der Waals surface area contributed by atoms with Crippen molar-refractivity contribution in [3.8, 4) is 10.4 Å². The Kier molecular flexibility index (Phi) is 6.06. The van der Waals surface area contributed by atoms with Crippen LogP contribution in [-0.2, 0) is 11.2 Å². The zero-order valence-corrected chi connectivity index (χ0v) is 17.8. The number of nitrogens with zero attached hydrogens (tertiary/aromatic N) is 2. The Balaban J connectivity index is 1.55. The lowest BCUT2D eigenvalue weighted by atomic mass is 10.0. The summed E-state index contributed by atoms with van der Waals surface area (Å²) >= 11 is 0.778. The summed E-state index contributed by atoms with van der Waals surface area (Å²) in [6, 6.07) is 15.1. The molecular formula is C24H16F3N3O2S. The van der Waals surface area contributed by atoms with Crippen LogP contribution in [0.1, 0.15) is 20.8 Å². The number of carbonyl (C=O) groups excluding carboxylic acids is 2. The van der Waals surface area contributed by atoms with Crippen LogP contribution in [-0.4, -0.2) is 27.8 Å². The number of primary amides is 1. The Morgan fingerprint density at radius 1 is 0.939 bits per heavy atom. The second kappa shape index (κ2) is 8.95. The Labute approximate surface area is 190 Å². The summed E-state index contributed by atoms with van der Waals surface area (Å²) < 4.78 is 37.9. The van der Waals surface area contributed by atoms with E-state index in [0.29, 0.717) is 33.5 Å². The number of amides is 1. The number of hydrogen-bond donors (Lipinski definition) is 1. The average Bonchev–Trinajstić information content (AvgIpc) is 3.28. The molecule has 1 amide bonds. The maximum absolute atomic E-state index is 12.6. The van der Waals surface area contributed by atoms with Gasteiger partial charge in [0.15, 0.2) is 0 Å². The van der Waals surface area contributed by atoms with Gasteiger partial charge in [0.05, 0.1) is 15.9 Å². The van der Waals surface area contributed by atoms with Crippen molar-refractivity contribution in [2.24, 2.45) is 5.73 Å². The van der Waals surface area contributed by atoms with Crippen LogP contribution in [0.25, 0.3) is 27.6 Å². The van der Waals surface area contributed by atoms with E-state index in [-0.39, 0.29) is 4.88 Å². The third-order valence-corrected chi connectivity index (χ3v) is 6.00. The van der Waals surface area contributed by atoms with Crippen molar-refractivity contribution in [1.29, 1.82) is 0 Å². The third kappa shape index (κ3) is 5.15. The SMILES string of the molecule is NC(=O)C(=Cc1ccc(-c2ccc(C(=O)C(F)(F)F)s2)cc1)Cc1ccc2nccnc2c1. The summed E-state index contributed by atoms with van der Waals surface area (Å²) in [5.41, 5.74) is 9.64. The van der Waals surface area contributed by atoms with Gasteiger partial charge in [-0.1, -0.05) is 30.3 Å². The molecule has 0 saturated heterocycles. The molecule has 2 aromatic heterocycles. The number of Topliss-reactive ketones (excluding diaryl/α,β-unsaturated/α-hetero) is 1. The van der Waals surface area contributed by atoms with Gasteiger partial charge in [-0.25, -0.2) is 0 Å². The molecule has 0 saturated carbocycles. The molecular weight excluding hydrogens is 451 g/mol. The standard InChI is InChI=1S/C24H16F3N3O2S/c25-24(26,27)22(31)21-8-7-20(33-21)16-4-1-14(2-5-16)11-17(23(28)32)12-15-3-6-18-19(13-15)30-10-9-29-18/h1-11,13H,12H2,(H2,28,32). The molecule has 0 fully saturated rings. The maximum Gasteiger partial charge on any atom is 0.455 e. The van der Waals surface area contributed by atoms with E-state index in [9.17, 15) is 22.8 Å². The van der Waals surface area contributed by atoms with E-state index in [1.165, 1.54) is 12.1 Å². The van der Waals surface area contributed by atoms with Crippen LogP contribution in [0.2, 0.25) is 0 Å². The number of alkyl halides is 3. The predicted molar refractivity (Wildman–Crippen MR) is 121 cm³/mol. The van der Waals surface area contributed by atoms with Gasteiger partial charge in [0.25, 0.3) is 5.78 Å². The lowest BCUT2D eigenvalue weighted by Crippen LogP contribution is -2.21. The maximum atomic E-state index is 12.6. The van der Waals surface area contributed by atoms with Gasteiger partial charge in [-0.3, -0.25) is 19.6 Å². The van der Waals surface area contributed by atoms with Gasteiger partial charge in [-0.05, 0) is 47.0 Å². The number of hydrogen-bond acceptors (Lipinski definition) is 5. The van der Waals surface area contributed by atoms with E-state index in [0.717, 1.165) is 22.4 Å². The Hall–Kier alpha value is -3.85. The van der Waals surface area contributed by atoms with Gasteiger partial charge in [0.1, 0.15) is 0 Å². The number of nitrogens with two attached hydrogens (primary N) is 1. The third-order valence-electron chi connectivity index (χ3n) is 4.87. The molecule has 0 unspecified atom stereocenters. The number of carbonyl (C=O) groups is 2. The number of rotatable bonds is 6. The lowest BCUT2D eigenvalue weighted by molar-refractivity contribution is -0.114. The minimum Gasteiger partial charge on any atom is -0.366 e. The quantitative estimate of drug-likeness (QED) is 0.311. The number of ketones is 1. The zero-order chi connectivity index (χ0) is 23.6. The van der Waals surface area contributed by atoms with Gasteiger partial charge in [-0.15, -0.1) is 11.3 Å². The molecule has 0 atom stereocenters. The Morgan fingerprint density at radius 3 is 2.30 bits per heavy atom. The van der Waals surface area contributed by atoms with Gasteiger partial charge >= 0.3 is 6.18 Å². The Morgan fingerprint density at radius 2 is 1.64 bits per heavy atom. The summed E-state index contributed by atoms with van der Waals surface area (Å²) in [6.07, 6.45) is 0.261. The first-order valence-corrected chi connectivity index (χ1v) is 10.5. The van der Waals surface area contributed by atoms with Crippen LogP contribution < -0.4 is 5.73 Å². The van der Waals surface area contributed by atoms with Gasteiger partial charge < -0.3 is 5.73 Å². The summed E-state index contributed by atoms with van der Waals surface area (Å²) in [6.45, 7) is 0. The van der Waals surface area contributed by atoms with Crippen LogP contribution in [0.4, 0.5) is 13.2 Å². The zero-order valence-electron chi connectivity index (χ0n) is 17.0. The molecule has 2 aromatic carbocycles. The normalized spacial score (nSPS) is 12.2. The van der Waals surface area contributed by atoms with Crippen molar-refractivity contribution in [1.82, 2.24) is 9.97 Å². The summed E-state index contributed by atoms with van der Waals surface area (Å²) in [5.74, 6) is -2.42. The molecule has 0 aliphatic carbocycles. The van der Waals surface area contributed by atoms with E-state index in [2.05, 4.69) is 9.97 Å². The number of halogens is 3. The van der Waals surface area contributed by atoms with Gasteiger partial charge in [0, 0.05) is 29.3 Å². The van der Waals surface area contributed by atoms with E-state index in [1.54, 1.807) is 42.7 Å². The summed E-state index contributed by atoms with van der Waals surface area (Å²) in [4.78, 5) is 32.1. The number of fused-ring (bicyclic) bond motifs is 1. The lowest BCUT2D eigenvalue weighted by Gasteiger charge is -2.06. The topological polar surface area (TPSA) is 85.9 Å². The summed E-state index contributed by atoms with van der Waals surface area (Å²) in [5, 5.41) is 0. The van der Waals surface area contributed by atoms with E-state index < -0.39 is 17.9 Å². The van der Waals surface area contributed by atoms with Crippen LogP contribution in [0.5, 0.6) is 0 Å². The molecule has 0 spiro atoms. The van der Waals surface area contributed by atoms with Crippen molar-refractivity contribution in [3.63, 3.8) is 0 Å². The van der Waals surface area contributed by atoms with Crippen LogP contribution in [0, 0.1) is 0 Å². The van der Waals surface area contributed by atoms with Crippen LogP contribution in [0.3, 0.4) is 0 Å². The molecule has 2 heterocycles. The monoisotopic (exact) mass is 467 g/mol. The summed E-state index contributed by atoms with van der Waals surface area (Å²) in [7, 11) is 0. The first kappa shape index (κ1) is 22.3. The van der Waals surface area contributed by atoms with Gasteiger partial charge in [-0.2, -0.15) is 13.2 Å². The molecule has 0 aliphatic rings. The molecule has 0 radical (unpaired) electrons. The molecule has 4 rings (SSSR count). The Bertz CT molecular complexity index is 1380. The molecule has 33 heavy (non-hydrogen) atoms. The molecule has 9 heteroatoms. The van der Waals surface area contributed by atoms with Crippen molar-refractivity contribution >= 4 is 40.1 Å².